The molecular formula is C12H13O. The van der Waals surface area contributed by atoms with E-state index in [1.54, 1.807) is 0 Å². The van der Waals surface area contributed by atoms with Crippen LogP contribution in [0.2, 0.25) is 0 Å². The number of hydrogen-bond acceptors (Lipinski definition) is 1. The summed E-state index contributed by atoms with van der Waals surface area (Å²) in [7, 11) is 0. The standard InChI is InChI=1S/C12H13O/c1-2-6-11(7-3-1)10-13-12-8-4-5-9-12/h1-4,6-7,12H,5,9-10H2/t12-/m1/s1. The Bertz CT molecular complexity index is 276. The third-order valence-electron chi connectivity index (χ3n) is 2.17. The second-order valence-corrected chi connectivity index (χ2v) is 3.23. The molecule has 1 aliphatic carbocycles. The zero-order chi connectivity index (χ0) is 8.93. The molecule has 0 heterocycles. The molecule has 1 atom stereocenters. The van der Waals surface area contributed by atoms with E-state index in [0.29, 0.717) is 6.61 Å². The lowest BCUT2D eigenvalue weighted by molar-refractivity contribution is 0.0678. The SMILES string of the molecule is [C]1=CCC[C@@H]1OCc1ccccc1. The first kappa shape index (κ1) is 8.52. The highest BCUT2D eigenvalue weighted by atomic mass is 16.5. The molecule has 1 heteroatoms. The Balaban J connectivity index is 1.82. The summed E-state index contributed by atoms with van der Waals surface area (Å²) in [5.74, 6) is 0. The molecule has 0 unspecified atom stereocenters. The average molecular weight is 173 g/mol. The summed E-state index contributed by atoms with van der Waals surface area (Å²) in [6.07, 6.45) is 7.67. The molecule has 13 heavy (non-hydrogen) atoms. The van der Waals surface area contributed by atoms with Gasteiger partial charge in [0.2, 0.25) is 0 Å². The average Bonchev–Trinajstić information content (AvgIpc) is 2.69. The predicted molar refractivity (Wildman–Crippen MR) is 52.1 cm³/mol. The van der Waals surface area contributed by atoms with Gasteiger partial charge in [-0.05, 0) is 24.5 Å². The molecule has 1 aromatic rings. The third-order valence-corrected chi connectivity index (χ3v) is 2.17. The summed E-state index contributed by atoms with van der Waals surface area (Å²) >= 11 is 0. The number of ether oxygens (including phenoxy) is 1. The van der Waals surface area contributed by atoms with Crippen LogP contribution in [-0.2, 0) is 11.3 Å². The highest BCUT2D eigenvalue weighted by Crippen LogP contribution is 2.13. The fourth-order valence-electron chi connectivity index (χ4n) is 1.44. The van der Waals surface area contributed by atoms with Crippen molar-refractivity contribution in [3.63, 3.8) is 0 Å². The van der Waals surface area contributed by atoms with Crippen molar-refractivity contribution in [3.05, 3.63) is 48.0 Å². The van der Waals surface area contributed by atoms with Crippen LogP contribution in [0.25, 0.3) is 0 Å². The van der Waals surface area contributed by atoms with Crippen LogP contribution in [0.1, 0.15) is 18.4 Å². The molecule has 0 bridgehead atoms. The Labute approximate surface area is 79.0 Å². The van der Waals surface area contributed by atoms with E-state index < -0.39 is 0 Å². The molecule has 0 aromatic heterocycles. The van der Waals surface area contributed by atoms with E-state index in [-0.39, 0.29) is 6.10 Å². The van der Waals surface area contributed by atoms with Crippen LogP contribution < -0.4 is 0 Å². The Hall–Kier alpha value is -1.08. The van der Waals surface area contributed by atoms with Crippen LogP contribution in [0.15, 0.2) is 36.4 Å². The van der Waals surface area contributed by atoms with Crippen molar-refractivity contribution in [2.75, 3.05) is 0 Å². The van der Waals surface area contributed by atoms with Crippen LogP contribution in [0, 0.1) is 6.08 Å². The largest absolute Gasteiger partial charge is 0.369 e. The zero-order valence-corrected chi connectivity index (χ0v) is 7.57. The van der Waals surface area contributed by atoms with Crippen molar-refractivity contribution in [2.24, 2.45) is 0 Å². The molecule has 0 saturated heterocycles. The highest BCUT2D eigenvalue weighted by molar-refractivity contribution is 5.13. The molecule has 0 spiro atoms. The molecular weight excluding hydrogens is 160 g/mol. The molecule has 0 aliphatic heterocycles. The first-order valence-electron chi connectivity index (χ1n) is 4.68. The molecule has 1 radical (unpaired) electrons. The van der Waals surface area contributed by atoms with Crippen molar-refractivity contribution in [3.8, 4) is 0 Å². The van der Waals surface area contributed by atoms with Crippen LogP contribution in [0.4, 0.5) is 0 Å². The van der Waals surface area contributed by atoms with Crippen molar-refractivity contribution < 1.29 is 4.74 Å². The molecule has 0 N–H and O–H groups in total. The quantitative estimate of drug-likeness (QED) is 0.683. The van der Waals surface area contributed by atoms with Crippen molar-refractivity contribution in [1.82, 2.24) is 0 Å². The lowest BCUT2D eigenvalue weighted by Crippen LogP contribution is -2.06. The molecule has 0 amide bonds. The minimum absolute atomic E-state index is 0.222. The van der Waals surface area contributed by atoms with Crippen LogP contribution in [0.3, 0.4) is 0 Å². The first-order chi connectivity index (χ1) is 6.45. The van der Waals surface area contributed by atoms with Crippen molar-refractivity contribution in [1.29, 1.82) is 0 Å². The van der Waals surface area contributed by atoms with E-state index in [2.05, 4.69) is 24.3 Å². The van der Waals surface area contributed by atoms with E-state index in [1.165, 1.54) is 5.56 Å². The summed E-state index contributed by atoms with van der Waals surface area (Å²) in [6.45, 7) is 0.701. The van der Waals surface area contributed by atoms with Crippen molar-refractivity contribution in [2.45, 2.75) is 25.6 Å². The molecule has 67 valence electrons. The Morgan fingerprint density at radius 1 is 1.31 bits per heavy atom. The van der Waals surface area contributed by atoms with Gasteiger partial charge in [-0.25, -0.2) is 0 Å². The maximum Gasteiger partial charge on any atom is 0.0832 e. The Kier molecular flexibility index (Phi) is 2.78. The lowest BCUT2D eigenvalue weighted by Gasteiger charge is -2.08. The van der Waals surface area contributed by atoms with Gasteiger partial charge in [-0.1, -0.05) is 36.4 Å². The second kappa shape index (κ2) is 4.24. The second-order valence-electron chi connectivity index (χ2n) is 3.23. The molecule has 1 aromatic carbocycles. The van der Waals surface area contributed by atoms with Gasteiger partial charge in [0, 0.05) is 0 Å². The smallest absolute Gasteiger partial charge is 0.0832 e. The third kappa shape index (κ3) is 2.43. The van der Waals surface area contributed by atoms with E-state index >= 15 is 0 Å². The molecule has 2 rings (SSSR count). The number of allylic oxidation sites excluding steroid dienone is 1. The summed E-state index contributed by atoms with van der Waals surface area (Å²) in [4.78, 5) is 0. The van der Waals surface area contributed by atoms with Crippen LogP contribution in [-0.4, -0.2) is 6.10 Å². The molecule has 0 saturated carbocycles. The number of hydrogen-bond donors (Lipinski definition) is 0. The van der Waals surface area contributed by atoms with Gasteiger partial charge in [-0.2, -0.15) is 0 Å². The zero-order valence-electron chi connectivity index (χ0n) is 7.57. The maximum atomic E-state index is 5.65. The van der Waals surface area contributed by atoms with Crippen molar-refractivity contribution >= 4 is 0 Å². The van der Waals surface area contributed by atoms with Crippen LogP contribution >= 0.6 is 0 Å². The Morgan fingerprint density at radius 2 is 2.15 bits per heavy atom. The van der Waals surface area contributed by atoms with Gasteiger partial charge in [-0.15, -0.1) is 0 Å². The predicted octanol–water partition coefficient (Wildman–Crippen LogP) is 2.72. The summed E-state index contributed by atoms with van der Waals surface area (Å²) in [5.41, 5.74) is 1.23. The van der Waals surface area contributed by atoms with E-state index in [1.807, 2.05) is 18.2 Å². The number of benzene rings is 1. The van der Waals surface area contributed by atoms with E-state index in [4.69, 9.17) is 4.74 Å². The van der Waals surface area contributed by atoms with Gasteiger partial charge >= 0.3 is 0 Å². The fourth-order valence-corrected chi connectivity index (χ4v) is 1.44. The topological polar surface area (TPSA) is 9.23 Å². The van der Waals surface area contributed by atoms with Crippen LogP contribution in [0.5, 0.6) is 0 Å². The summed E-state index contributed by atoms with van der Waals surface area (Å²) in [5, 5.41) is 0. The monoisotopic (exact) mass is 173 g/mol. The van der Waals surface area contributed by atoms with Gasteiger partial charge < -0.3 is 4.74 Å². The minimum atomic E-state index is 0.222. The lowest BCUT2D eigenvalue weighted by atomic mass is 10.2. The fraction of sp³-hybridized carbons (Fsp3) is 0.333. The molecule has 1 aliphatic rings. The molecule has 1 nitrogen and oxygen atoms in total. The molecule has 0 fully saturated rings. The normalized spacial score (nSPS) is 20.8. The summed E-state index contributed by atoms with van der Waals surface area (Å²) < 4.78 is 5.65. The van der Waals surface area contributed by atoms with Gasteiger partial charge in [0.15, 0.2) is 0 Å². The Morgan fingerprint density at radius 3 is 2.85 bits per heavy atom. The van der Waals surface area contributed by atoms with E-state index in [0.717, 1.165) is 12.8 Å². The van der Waals surface area contributed by atoms with Gasteiger partial charge in [0.25, 0.3) is 0 Å². The maximum absolute atomic E-state index is 5.65. The minimum Gasteiger partial charge on any atom is -0.369 e. The highest BCUT2D eigenvalue weighted by Gasteiger charge is 2.09. The first-order valence-corrected chi connectivity index (χ1v) is 4.68. The van der Waals surface area contributed by atoms with Gasteiger partial charge in [0.05, 0.1) is 12.7 Å². The summed E-state index contributed by atoms with van der Waals surface area (Å²) in [6, 6.07) is 10.3. The van der Waals surface area contributed by atoms with Gasteiger partial charge in [0.1, 0.15) is 0 Å². The number of rotatable bonds is 3. The van der Waals surface area contributed by atoms with E-state index in [9.17, 15) is 0 Å². The van der Waals surface area contributed by atoms with Gasteiger partial charge in [-0.3, -0.25) is 0 Å².